The lowest BCUT2D eigenvalue weighted by molar-refractivity contribution is 0.675. The maximum atomic E-state index is 3.83. The zero-order chi connectivity index (χ0) is 13.1. The van der Waals surface area contributed by atoms with Gasteiger partial charge in [0.1, 0.15) is 11.4 Å². The number of hydrogen-bond acceptors (Lipinski definition) is 13. The normalized spacial score (nSPS) is 10.4. The third-order valence-corrected chi connectivity index (χ3v) is 2.14. The van der Waals surface area contributed by atoms with Crippen molar-refractivity contribution in [1.29, 1.82) is 0 Å². The second-order valence-corrected chi connectivity index (χ2v) is 3.20. The maximum absolute atomic E-state index is 3.83. The lowest BCUT2D eigenvalue weighted by atomic mass is 10.1. The first-order chi connectivity index (χ1) is 9.36. The fourth-order valence-corrected chi connectivity index (χ4v) is 1.31. The van der Waals surface area contributed by atoms with Gasteiger partial charge in [0.05, 0.1) is 0 Å². The SMILES string of the molecule is Cc1c(-c2nnnnn2)nnnc1-c1nnnnn1. The van der Waals surface area contributed by atoms with Gasteiger partial charge in [0.2, 0.25) is 11.6 Å². The summed E-state index contributed by atoms with van der Waals surface area (Å²) < 4.78 is 0. The molecule has 3 rings (SSSR count). The minimum absolute atomic E-state index is 0.165. The van der Waals surface area contributed by atoms with Crippen LogP contribution in [0.2, 0.25) is 0 Å². The predicted molar refractivity (Wildman–Crippen MR) is 53.4 cm³/mol. The molecule has 13 heteroatoms. The first kappa shape index (κ1) is 10.9. The lowest BCUT2D eigenvalue weighted by Crippen LogP contribution is -2.07. The van der Waals surface area contributed by atoms with Crippen molar-refractivity contribution in [1.82, 2.24) is 67.1 Å². The molecule has 0 aliphatic heterocycles. The summed E-state index contributed by atoms with van der Waals surface area (Å²) in [5, 5.41) is 46.0. The van der Waals surface area contributed by atoms with Crippen molar-refractivity contribution in [2.24, 2.45) is 0 Å². The molecule has 0 radical (unpaired) electrons. The van der Waals surface area contributed by atoms with E-state index < -0.39 is 0 Å². The van der Waals surface area contributed by atoms with Crippen LogP contribution in [-0.4, -0.2) is 67.1 Å². The van der Waals surface area contributed by atoms with Crippen molar-refractivity contribution >= 4 is 0 Å². The molecular weight excluding hydrogens is 254 g/mol. The molecule has 3 heterocycles. The molecule has 0 spiro atoms. The van der Waals surface area contributed by atoms with Crippen LogP contribution in [0.3, 0.4) is 0 Å². The Labute approximate surface area is 103 Å². The Balaban J connectivity index is 2.15. The molecule has 0 N–H and O–H groups in total. The van der Waals surface area contributed by atoms with E-state index in [4.69, 9.17) is 0 Å². The zero-order valence-electron chi connectivity index (χ0n) is 9.31. The van der Waals surface area contributed by atoms with Crippen LogP contribution >= 0.6 is 0 Å². The Hall–Kier alpha value is -3.25. The minimum Gasteiger partial charge on any atom is -0.126 e. The fourth-order valence-electron chi connectivity index (χ4n) is 1.31. The highest BCUT2D eigenvalue weighted by Gasteiger charge is 2.17. The molecule has 3 aromatic rings. The highest BCUT2D eigenvalue weighted by molar-refractivity contribution is 5.63. The molecule has 0 saturated heterocycles. The van der Waals surface area contributed by atoms with Gasteiger partial charge in [0, 0.05) is 5.56 Å². The first-order valence-corrected chi connectivity index (χ1v) is 4.84. The van der Waals surface area contributed by atoms with Crippen molar-refractivity contribution in [3.63, 3.8) is 0 Å². The van der Waals surface area contributed by atoms with E-state index in [1.807, 2.05) is 0 Å². The van der Waals surface area contributed by atoms with Gasteiger partial charge in [-0.2, -0.15) is 0 Å². The second-order valence-electron chi connectivity index (χ2n) is 3.20. The molecule has 3 aromatic heterocycles. The van der Waals surface area contributed by atoms with Gasteiger partial charge in [0.15, 0.2) is 0 Å². The van der Waals surface area contributed by atoms with Gasteiger partial charge in [0.25, 0.3) is 0 Å². The molecular formula is C6H3N13. The summed E-state index contributed by atoms with van der Waals surface area (Å²) in [7, 11) is 0. The smallest absolute Gasteiger partial charge is 0.126 e. The third-order valence-electron chi connectivity index (χ3n) is 2.14. The second kappa shape index (κ2) is 4.55. The fraction of sp³-hybridized carbons (Fsp3) is 0.167. The number of aromatic nitrogens is 13. The summed E-state index contributed by atoms with van der Waals surface area (Å²) >= 11 is 0. The van der Waals surface area contributed by atoms with Gasteiger partial charge in [-0.15, -0.1) is 30.6 Å². The van der Waals surface area contributed by atoms with Crippen molar-refractivity contribution in [2.45, 2.75) is 6.92 Å². The van der Waals surface area contributed by atoms with Gasteiger partial charge in [-0.1, -0.05) is 0 Å². The Morgan fingerprint density at radius 2 is 0.895 bits per heavy atom. The molecule has 0 aromatic carbocycles. The van der Waals surface area contributed by atoms with E-state index in [2.05, 4.69) is 67.1 Å². The predicted octanol–water partition coefficient (Wildman–Crippen LogP) is -2.54. The van der Waals surface area contributed by atoms with E-state index in [0.29, 0.717) is 17.0 Å². The molecule has 0 bridgehead atoms. The average molecular weight is 257 g/mol. The van der Waals surface area contributed by atoms with E-state index in [0.717, 1.165) is 0 Å². The summed E-state index contributed by atoms with van der Waals surface area (Å²) in [5.74, 6) is 0.331. The van der Waals surface area contributed by atoms with Crippen LogP contribution in [0.5, 0.6) is 0 Å². The summed E-state index contributed by atoms with van der Waals surface area (Å²) in [4.78, 5) is 0. The van der Waals surface area contributed by atoms with E-state index in [1.54, 1.807) is 6.92 Å². The average Bonchev–Trinajstić information content (AvgIpc) is 2.49. The standard InChI is InChI=1S/C6H3N13/c1-2-3(5-9-14-18-15-10-5)7-13-8-4(2)6-11-16-19-17-12-6/h1H3. The van der Waals surface area contributed by atoms with Crippen LogP contribution < -0.4 is 0 Å². The Morgan fingerprint density at radius 3 is 1.32 bits per heavy atom. The Bertz CT molecular complexity index is 626. The molecule has 0 saturated carbocycles. The number of hydrogen-bond donors (Lipinski definition) is 0. The van der Waals surface area contributed by atoms with Crippen LogP contribution in [-0.2, 0) is 0 Å². The Kier molecular flexibility index (Phi) is 2.61. The van der Waals surface area contributed by atoms with E-state index in [9.17, 15) is 0 Å². The van der Waals surface area contributed by atoms with E-state index in [1.165, 1.54) is 0 Å². The maximum Gasteiger partial charge on any atom is 0.227 e. The molecule has 19 heavy (non-hydrogen) atoms. The lowest BCUT2D eigenvalue weighted by Gasteiger charge is -2.03. The number of rotatable bonds is 2. The largest absolute Gasteiger partial charge is 0.227 e. The quantitative estimate of drug-likeness (QED) is 0.471. The summed E-state index contributed by atoms with van der Waals surface area (Å²) in [6.07, 6.45) is 0. The minimum atomic E-state index is 0.165. The van der Waals surface area contributed by atoms with Crippen LogP contribution in [0, 0.1) is 6.92 Å². The molecule has 0 aliphatic rings. The topological polar surface area (TPSA) is 168 Å². The van der Waals surface area contributed by atoms with Gasteiger partial charge < -0.3 is 0 Å². The molecule has 0 unspecified atom stereocenters. The van der Waals surface area contributed by atoms with Crippen molar-refractivity contribution in [3.8, 4) is 23.0 Å². The van der Waals surface area contributed by atoms with Gasteiger partial charge in [-0.05, 0) is 43.4 Å². The molecule has 0 amide bonds. The van der Waals surface area contributed by atoms with E-state index in [-0.39, 0.29) is 11.6 Å². The highest BCUT2D eigenvalue weighted by atomic mass is 15.5. The van der Waals surface area contributed by atoms with Crippen molar-refractivity contribution < 1.29 is 0 Å². The molecule has 0 atom stereocenters. The Morgan fingerprint density at radius 1 is 0.474 bits per heavy atom. The molecule has 0 fully saturated rings. The van der Waals surface area contributed by atoms with Crippen molar-refractivity contribution in [3.05, 3.63) is 5.56 Å². The van der Waals surface area contributed by atoms with Crippen molar-refractivity contribution in [2.75, 3.05) is 0 Å². The van der Waals surface area contributed by atoms with Gasteiger partial charge in [-0.25, -0.2) is 0 Å². The van der Waals surface area contributed by atoms with Crippen LogP contribution in [0.25, 0.3) is 23.0 Å². The number of nitrogens with zero attached hydrogens (tertiary/aromatic N) is 13. The van der Waals surface area contributed by atoms with Crippen LogP contribution in [0.4, 0.5) is 0 Å². The summed E-state index contributed by atoms with van der Waals surface area (Å²) in [6, 6.07) is 0. The molecule has 92 valence electrons. The third kappa shape index (κ3) is 1.99. The first-order valence-electron chi connectivity index (χ1n) is 4.84. The van der Waals surface area contributed by atoms with Gasteiger partial charge in [-0.3, -0.25) is 0 Å². The summed E-state index contributed by atoms with van der Waals surface area (Å²) in [6.45, 7) is 1.72. The zero-order valence-corrected chi connectivity index (χ0v) is 9.31. The van der Waals surface area contributed by atoms with Crippen LogP contribution in [0.1, 0.15) is 5.56 Å². The highest BCUT2D eigenvalue weighted by Crippen LogP contribution is 2.21. The monoisotopic (exact) mass is 257 g/mol. The van der Waals surface area contributed by atoms with E-state index >= 15 is 0 Å². The van der Waals surface area contributed by atoms with Gasteiger partial charge >= 0.3 is 0 Å². The van der Waals surface area contributed by atoms with Crippen LogP contribution in [0.15, 0.2) is 0 Å². The molecule has 0 aliphatic carbocycles. The molecule has 13 nitrogen and oxygen atoms in total. The summed E-state index contributed by atoms with van der Waals surface area (Å²) in [5.41, 5.74) is 1.26.